The van der Waals surface area contributed by atoms with Gasteiger partial charge >= 0.3 is 0 Å². The van der Waals surface area contributed by atoms with E-state index in [2.05, 4.69) is 29.6 Å². The van der Waals surface area contributed by atoms with Crippen LogP contribution in [0.15, 0.2) is 48.5 Å². The predicted octanol–water partition coefficient (Wildman–Crippen LogP) is 4.26. The molecule has 178 valence electrons. The predicted molar refractivity (Wildman–Crippen MR) is 129 cm³/mol. The first kappa shape index (κ1) is 26.1. The number of hydrogen-bond acceptors (Lipinski definition) is 6. The zero-order chi connectivity index (χ0) is 23.2. The van der Waals surface area contributed by atoms with Crippen LogP contribution in [0.2, 0.25) is 0 Å². The molecule has 0 radical (unpaired) electrons. The van der Waals surface area contributed by atoms with Crippen molar-refractivity contribution < 1.29 is 18.9 Å². The van der Waals surface area contributed by atoms with E-state index >= 15 is 0 Å². The average molecular weight is 445 g/mol. The van der Waals surface area contributed by atoms with E-state index < -0.39 is 5.54 Å². The second-order valence-corrected chi connectivity index (χ2v) is 7.80. The Kier molecular flexibility index (Phi) is 11.5. The Bertz CT molecular complexity index is 786. The van der Waals surface area contributed by atoms with Crippen molar-refractivity contribution in [3.63, 3.8) is 0 Å². The largest absolute Gasteiger partial charge is 0.497 e. The first-order valence-corrected chi connectivity index (χ1v) is 11.5. The molecule has 0 aliphatic heterocycles. The highest BCUT2D eigenvalue weighted by molar-refractivity contribution is 5.36. The number of benzene rings is 2. The first-order valence-electron chi connectivity index (χ1n) is 11.5. The van der Waals surface area contributed by atoms with Gasteiger partial charge in [-0.25, -0.2) is 0 Å². The summed E-state index contributed by atoms with van der Waals surface area (Å²) in [6.45, 7) is 7.39. The van der Waals surface area contributed by atoms with E-state index in [0.29, 0.717) is 33.0 Å². The molecule has 3 N–H and O–H groups in total. The monoisotopic (exact) mass is 444 g/mol. The van der Waals surface area contributed by atoms with Gasteiger partial charge in [0.25, 0.3) is 0 Å². The number of hydrogen-bond donors (Lipinski definition) is 2. The van der Waals surface area contributed by atoms with Gasteiger partial charge in [-0.2, -0.15) is 0 Å². The van der Waals surface area contributed by atoms with E-state index in [-0.39, 0.29) is 6.04 Å². The number of nitrogens with two attached hydrogens (primary N) is 1. The Morgan fingerprint density at radius 3 is 2.25 bits per heavy atom. The molecular formula is C26H40N2O4. The molecule has 2 aromatic rings. The molecule has 2 aromatic carbocycles. The maximum absolute atomic E-state index is 6.90. The Hall–Kier alpha value is -2.12. The minimum atomic E-state index is -0.466. The van der Waals surface area contributed by atoms with Crippen LogP contribution in [-0.4, -0.2) is 46.7 Å². The van der Waals surface area contributed by atoms with E-state index in [1.807, 2.05) is 38.1 Å². The highest BCUT2D eigenvalue weighted by atomic mass is 16.5. The molecule has 2 atom stereocenters. The molecule has 0 bridgehead atoms. The summed E-state index contributed by atoms with van der Waals surface area (Å²) in [5.41, 5.74) is 8.69. The van der Waals surface area contributed by atoms with Crippen LogP contribution < -0.4 is 20.5 Å². The lowest BCUT2D eigenvalue weighted by Crippen LogP contribution is -2.56. The molecule has 0 spiro atoms. The molecule has 0 fully saturated rings. The summed E-state index contributed by atoms with van der Waals surface area (Å²) in [6, 6.07) is 16.1. The van der Waals surface area contributed by atoms with Crippen LogP contribution in [0, 0.1) is 0 Å². The van der Waals surface area contributed by atoms with Crippen LogP contribution in [0.5, 0.6) is 11.5 Å². The molecule has 0 aliphatic rings. The third-order valence-corrected chi connectivity index (χ3v) is 5.80. The van der Waals surface area contributed by atoms with Crippen LogP contribution in [0.4, 0.5) is 0 Å². The Balaban J connectivity index is 2.39. The van der Waals surface area contributed by atoms with Gasteiger partial charge in [0.15, 0.2) is 0 Å². The maximum atomic E-state index is 6.90. The van der Waals surface area contributed by atoms with Crippen molar-refractivity contribution in [2.45, 2.75) is 51.2 Å². The van der Waals surface area contributed by atoms with E-state index in [0.717, 1.165) is 41.9 Å². The fourth-order valence-corrected chi connectivity index (χ4v) is 4.01. The summed E-state index contributed by atoms with van der Waals surface area (Å²) < 4.78 is 22.2. The first-order chi connectivity index (χ1) is 15.6. The van der Waals surface area contributed by atoms with Crippen LogP contribution in [0.3, 0.4) is 0 Å². The molecule has 0 aromatic heterocycles. The third-order valence-electron chi connectivity index (χ3n) is 5.80. The number of ether oxygens (including phenoxy) is 4. The maximum Gasteiger partial charge on any atom is 0.119 e. The Labute approximate surface area is 193 Å². The van der Waals surface area contributed by atoms with Crippen LogP contribution in [0.25, 0.3) is 0 Å². The van der Waals surface area contributed by atoms with Gasteiger partial charge in [-0.1, -0.05) is 24.3 Å². The number of methoxy groups -OCH3 is 2. The molecule has 2 unspecified atom stereocenters. The van der Waals surface area contributed by atoms with Crippen molar-refractivity contribution in [1.29, 1.82) is 0 Å². The summed E-state index contributed by atoms with van der Waals surface area (Å²) in [4.78, 5) is 0. The minimum absolute atomic E-state index is 0.159. The number of rotatable bonds is 16. The quantitative estimate of drug-likeness (QED) is 0.377. The van der Waals surface area contributed by atoms with E-state index in [1.165, 1.54) is 0 Å². The zero-order valence-electron chi connectivity index (χ0n) is 20.1. The average Bonchev–Trinajstić information content (AvgIpc) is 2.84. The Morgan fingerprint density at radius 1 is 0.906 bits per heavy atom. The van der Waals surface area contributed by atoms with Crippen LogP contribution in [0.1, 0.15) is 44.2 Å². The van der Waals surface area contributed by atoms with Crippen molar-refractivity contribution >= 4 is 0 Å². The van der Waals surface area contributed by atoms with Crippen molar-refractivity contribution in [3.8, 4) is 11.5 Å². The van der Waals surface area contributed by atoms with Crippen molar-refractivity contribution in [1.82, 2.24) is 5.32 Å². The highest BCUT2D eigenvalue weighted by Gasteiger charge is 2.38. The van der Waals surface area contributed by atoms with Gasteiger partial charge in [0.2, 0.25) is 0 Å². The van der Waals surface area contributed by atoms with E-state index in [1.54, 1.807) is 14.2 Å². The summed E-state index contributed by atoms with van der Waals surface area (Å²) in [6.07, 6.45) is 2.46. The SMILES string of the molecule is CCOCCCC(NCc1cccc(OC)c1)(c1cccc(OC)c1)C(N)CCOCC. The summed E-state index contributed by atoms with van der Waals surface area (Å²) >= 11 is 0. The number of nitrogens with one attached hydrogen (secondary N) is 1. The summed E-state index contributed by atoms with van der Waals surface area (Å²) in [5.74, 6) is 1.66. The molecule has 6 nitrogen and oxygen atoms in total. The van der Waals surface area contributed by atoms with Gasteiger partial charge in [0, 0.05) is 39.0 Å². The fraction of sp³-hybridized carbons (Fsp3) is 0.538. The summed E-state index contributed by atoms with van der Waals surface area (Å²) in [7, 11) is 3.37. The normalized spacial score (nSPS) is 14.0. The van der Waals surface area contributed by atoms with Gasteiger partial charge < -0.3 is 30.0 Å². The lowest BCUT2D eigenvalue weighted by molar-refractivity contribution is 0.108. The second kappa shape index (κ2) is 14.1. The van der Waals surface area contributed by atoms with Crippen molar-refractivity contribution in [3.05, 3.63) is 59.7 Å². The van der Waals surface area contributed by atoms with Crippen molar-refractivity contribution in [2.75, 3.05) is 40.6 Å². The van der Waals surface area contributed by atoms with Gasteiger partial charge in [-0.05, 0) is 68.5 Å². The Morgan fingerprint density at radius 2 is 1.56 bits per heavy atom. The smallest absolute Gasteiger partial charge is 0.119 e. The lowest BCUT2D eigenvalue weighted by Gasteiger charge is -2.41. The molecule has 32 heavy (non-hydrogen) atoms. The molecule has 0 aliphatic carbocycles. The summed E-state index contributed by atoms with van der Waals surface area (Å²) in [5, 5.41) is 3.82. The van der Waals surface area contributed by atoms with Crippen LogP contribution in [-0.2, 0) is 21.6 Å². The second-order valence-electron chi connectivity index (χ2n) is 7.80. The van der Waals surface area contributed by atoms with E-state index in [9.17, 15) is 0 Å². The minimum Gasteiger partial charge on any atom is -0.497 e. The van der Waals surface area contributed by atoms with Gasteiger partial charge in [0.05, 0.1) is 19.8 Å². The molecule has 0 amide bonds. The molecule has 0 saturated heterocycles. The molecule has 0 saturated carbocycles. The zero-order valence-corrected chi connectivity index (χ0v) is 20.1. The molecule has 0 heterocycles. The van der Waals surface area contributed by atoms with Gasteiger partial charge in [-0.15, -0.1) is 0 Å². The van der Waals surface area contributed by atoms with Gasteiger partial charge in [0.1, 0.15) is 11.5 Å². The lowest BCUT2D eigenvalue weighted by atomic mass is 9.77. The molecule has 6 heteroatoms. The molecular weight excluding hydrogens is 404 g/mol. The fourth-order valence-electron chi connectivity index (χ4n) is 4.01. The van der Waals surface area contributed by atoms with Crippen LogP contribution >= 0.6 is 0 Å². The topological polar surface area (TPSA) is 75.0 Å². The highest BCUT2D eigenvalue weighted by Crippen LogP contribution is 2.34. The van der Waals surface area contributed by atoms with Gasteiger partial charge in [-0.3, -0.25) is 0 Å². The van der Waals surface area contributed by atoms with Crippen molar-refractivity contribution in [2.24, 2.45) is 5.73 Å². The standard InChI is InChI=1S/C26H40N2O4/c1-5-31-16-9-15-26(25(27)14-17-32-6-2,22-11-8-13-24(19-22)30-4)28-20-21-10-7-12-23(18-21)29-3/h7-8,10-13,18-19,25,28H,5-6,9,14-17,20,27H2,1-4H3. The molecule has 2 rings (SSSR count). The third kappa shape index (κ3) is 7.48. The van der Waals surface area contributed by atoms with E-state index in [4.69, 9.17) is 24.7 Å².